The van der Waals surface area contributed by atoms with Crippen molar-refractivity contribution in [3.8, 4) is 11.4 Å². The molecule has 0 atom stereocenters. The second-order valence-corrected chi connectivity index (χ2v) is 4.70. The Balaban J connectivity index is 1.95. The van der Waals surface area contributed by atoms with E-state index in [1.165, 1.54) is 5.56 Å². The Bertz CT molecular complexity index is 885. The molecule has 4 nitrogen and oxygen atoms in total. The molecule has 1 aromatic carbocycles. The summed E-state index contributed by atoms with van der Waals surface area (Å²) in [5.74, 6) is 0.861. The summed E-state index contributed by atoms with van der Waals surface area (Å²) in [5.41, 5.74) is 5.16. The molecule has 19 heavy (non-hydrogen) atoms. The van der Waals surface area contributed by atoms with Gasteiger partial charge in [0.05, 0.1) is 11.0 Å². The first-order valence-electron chi connectivity index (χ1n) is 6.20. The number of aryl methyl sites for hydroxylation is 1. The number of aromatic amines is 2. The quantitative estimate of drug-likeness (QED) is 0.542. The Morgan fingerprint density at radius 1 is 1.16 bits per heavy atom. The number of nitrogens with zero attached hydrogens (tertiary/aromatic N) is 2. The molecule has 0 bridgehead atoms. The molecule has 0 aliphatic heterocycles. The number of benzene rings is 1. The van der Waals surface area contributed by atoms with Crippen LogP contribution in [0.25, 0.3) is 33.5 Å². The zero-order chi connectivity index (χ0) is 12.8. The number of hydrogen-bond donors (Lipinski definition) is 2. The van der Waals surface area contributed by atoms with Crippen LogP contribution in [-0.4, -0.2) is 19.9 Å². The summed E-state index contributed by atoms with van der Waals surface area (Å²) < 4.78 is 0. The van der Waals surface area contributed by atoms with Gasteiger partial charge in [-0.2, -0.15) is 0 Å². The highest BCUT2D eigenvalue weighted by Gasteiger charge is 2.08. The Kier molecular flexibility index (Phi) is 2.00. The van der Waals surface area contributed by atoms with Crippen LogP contribution in [0.5, 0.6) is 0 Å². The van der Waals surface area contributed by atoms with Gasteiger partial charge in [-0.1, -0.05) is 12.1 Å². The SMILES string of the molecule is Cc1cccc2[nH]c(-c3cnc4[nH]ccc4c3)nc12. The molecule has 0 amide bonds. The van der Waals surface area contributed by atoms with Crippen molar-refractivity contribution >= 4 is 22.1 Å². The first-order valence-corrected chi connectivity index (χ1v) is 6.20. The van der Waals surface area contributed by atoms with Gasteiger partial charge in [0, 0.05) is 23.3 Å². The Morgan fingerprint density at radius 3 is 3.00 bits per heavy atom. The highest BCUT2D eigenvalue weighted by molar-refractivity contribution is 5.84. The molecule has 3 aromatic heterocycles. The normalized spacial score (nSPS) is 11.4. The van der Waals surface area contributed by atoms with Crippen LogP contribution >= 0.6 is 0 Å². The summed E-state index contributed by atoms with van der Waals surface area (Å²) in [6.07, 6.45) is 3.73. The van der Waals surface area contributed by atoms with Crippen LogP contribution in [0.15, 0.2) is 42.7 Å². The predicted octanol–water partition coefficient (Wildman–Crippen LogP) is 3.41. The molecule has 0 saturated heterocycles. The van der Waals surface area contributed by atoms with Crippen molar-refractivity contribution in [1.82, 2.24) is 19.9 Å². The molecule has 0 saturated carbocycles. The fourth-order valence-corrected chi connectivity index (χ4v) is 2.38. The molecule has 0 aliphatic rings. The average Bonchev–Trinajstić information content (AvgIpc) is 3.04. The second kappa shape index (κ2) is 3.68. The molecule has 0 spiro atoms. The summed E-state index contributed by atoms with van der Waals surface area (Å²) in [4.78, 5) is 15.5. The third kappa shape index (κ3) is 1.53. The minimum absolute atomic E-state index is 0.861. The molecule has 92 valence electrons. The number of pyridine rings is 1. The standard InChI is InChI=1S/C15H12N4/c1-9-3-2-4-12-13(9)19-15(18-12)11-7-10-5-6-16-14(10)17-8-11/h2-8H,1H3,(H,16,17)(H,18,19). The van der Waals surface area contributed by atoms with Crippen LogP contribution in [-0.2, 0) is 0 Å². The van der Waals surface area contributed by atoms with Crippen molar-refractivity contribution in [2.45, 2.75) is 6.92 Å². The largest absolute Gasteiger partial charge is 0.346 e. The number of aromatic nitrogens is 4. The summed E-state index contributed by atoms with van der Waals surface area (Å²) >= 11 is 0. The molecule has 3 heterocycles. The molecule has 4 heteroatoms. The summed E-state index contributed by atoms with van der Waals surface area (Å²) in [5, 5.41) is 1.09. The van der Waals surface area contributed by atoms with E-state index < -0.39 is 0 Å². The lowest BCUT2D eigenvalue weighted by atomic mass is 10.2. The minimum Gasteiger partial charge on any atom is -0.346 e. The van der Waals surface area contributed by atoms with Crippen molar-refractivity contribution in [1.29, 1.82) is 0 Å². The molecule has 2 N–H and O–H groups in total. The van der Waals surface area contributed by atoms with Crippen LogP contribution in [0.4, 0.5) is 0 Å². The van der Waals surface area contributed by atoms with Crippen molar-refractivity contribution in [3.05, 3.63) is 48.3 Å². The van der Waals surface area contributed by atoms with Crippen LogP contribution in [0.1, 0.15) is 5.56 Å². The third-order valence-electron chi connectivity index (χ3n) is 3.39. The second-order valence-electron chi connectivity index (χ2n) is 4.70. The fourth-order valence-electron chi connectivity index (χ4n) is 2.38. The van der Waals surface area contributed by atoms with Crippen molar-refractivity contribution in [2.75, 3.05) is 0 Å². The Labute approximate surface area is 109 Å². The number of hydrogen-bond acceptors (Lipinski definition) is 2. The molecule has 0 fully saturated rings. The average molecular weight is 248 g/mol. The maximum absolute atomic E-state index is 4.67. The highest BCUT2D eigenvalue weighted by atomic mass is 14.9. The maximum Gasteiger partial charge on any atom is 0.140 e. The smallest absolute Gasteiger partial charge is 0.140 e. The van der Waals surface area contributed by atoms with Gasteiger partial charge in [0.15, 0.2) is 0 Å². The first kappa shape index (κ1) is 10.3. The lowest BCUT2D eigenvalue weighted by Gasteiger charge is -1.96. The lowest BCUT2D eigenvalue weighted by molar-refractivity contribution is 1.28. The van der Waals surface area contributed by atoms with Gasteiger partial charge in [-0.3, -0.25) is 0 Å². The van der Waals surface area contributed by atoms with E-state index in [2.05, 4.69) is 39.0 Å². The van der Waals surface area contributed by atoms with E-state index >= 15 is 0 Å². The Morgan fingerprint density at radius 2 is 2.11 bits per heavy atom. The van der Waals surface area contributed by atoms with Crippen LogP contribution in [0.2, 0.25) is 0 Å². The van der Waals surface area contributed by atoms with Crippen molar-refractivity contribution in [3.63, 3.8) is 0 Å². The van der Waals surface area contributed by atoms with E-state index in [0.717, 1.165) is 33.5 Å². The number of rotatable bonds is 1. The van der Waals surface area contributed by atoms with Crippen LogP contribution in [0.3, 0.4) is 0 Å². The topological polar surface area (TPSA) is 57.4 Å². The van der Waals surface area contributed by atoms with E-state index in [1.54, 1.807) is 0 Å². The first-order chi connectivity index (χ1) is 9.31. The number of para-hydroxylation sites is 1. The fraction of sp³-hybridized carbons (Fsp3) is 0.0667. The van der Waals surface area contributed by atoms with E-state index in [9.17, 15) is 0 Å². The number of H-pyrrole nitrogens is 2. The van der Waals surface area contributed by atoms with Gasteiger partial charge in [0.2, 0.25) is 0 Å². The monoisotopic (exact) mass is 248 g/mol. The van der Waals surface area contributed by atoms with Gasteiger partial charge < -0.3 is 9.97 Å². The maximum atomic E-state index is 4.67. The number of nitrogens with one attached hydrogen (secondary N) is 2. The van der Waals surface area contributed by atoms with E-state index in [0.29, 0.717) is 0 Å². The molecule has 0 aliphatic carbocycles. The molecular formula is C15H12N4. The highest BCUT2D eigenvalue weighted by Crippen LogP contribution is 2.24. The lowest BCUT2D eigenvalue weighted by Crippen LogP contribution is -1.83. The summed E-state index contributed by atoms with van der Waals surface area (Å²) in [7, 11) is 0. The number of fused-ring (bicyclic) bond motifs is 2. The van der Waals surface area contributed by atoms with E-state index in [1.807, 2.05) is 30.6 Å². The molecule has 0 unspecified atom stereocenters. The van der Waals surface area contributed by atoms with Crippen LogP contribution < -0.4 is 0 Å². The van der Waals surface area contributed by atoms with Gasteiger partial charge in [-0.25, -0.2) is 9.97 Å². The number of imidazole rings is 1. The summed E-state index contributed by atoms with van der Waals surface area (Å²) in [6.45, 7) is 2.07. The zero-order valence-corrected chi connectivity index (χ0v) is 10.4. The van der Waals surface area contributed by atoms with Crippen molar-refractivity contribution < 1.29 is 0 Å². The molecule has 4 aromatic rings. The van der Waals surface area contributed by atoms with E-state index in [-0.39, 0.29) is 0 Å². The van der Waals surface area contributed by atoms with Gasteiger partial charge in [0.1, 0.15) is 11.5 Å². The third-order valence-corrected chi connectivity index (χ3v) is 3.39. The van der Waals surface area contributed by atoms with E-state index in [4.69, 9.17) is 0 Å². The zero-order valence-electron chi connectivity index (χ0n) is 10.4. The summed E-state index contributed by atoms with van der Waals surface area (Å²) in [6, 6.07) is 10.3. The van der Waals surface area contributed by atoms with Gasteiger partial charge in [-0.05, 0) is 30.7 Å². The minimum atomic E-state index is 0.861. The molecule has 4 rings (SSSR count). The Hall–Kier alpha value is -2.62. The predicted molar refractivity (Wildman–Crippen MR) is 75.9 cm³/mol. The molecular weight excluding hydrogens is 236 g/mol. The molecule has 0 radical (unpaired) electrons. The van der Waals surface area contributed by atoms with Crippen LogP contribution in [0, 0.1) is 6.92 Å². The van der Waals surface area contributed by atoms with Gasteiger partial charge in [-0.15, -0.1) is 0 Å². The van der Waals surface area contributed by atoms with Gasteiger partial charge in [0.25, 0.3) is 0 Å². The van der Waals surface area contributed by atoms with Gasteiger partial charge >= 0.3 is 0 Å². The van der Waals surface area contributed by atoms with Crippen molar-refractivity contribution in [2.24, 2.45) is 0 Å².